The van der Waals surface area contributed by atoms with Crippen molar-refractivity contribution in [1.29, 1.82) is 0 Å². The van der Waals surface area contributed by atoms with E-state index in [-0.39, 0.29) is 17.1 Å². The summed E-state index contributed by atoms with van der Waals surface area (Å²) in [6.45, 7) is 7.29. The fourth-order valence-electron chi connectivity index (χ4n) is 2.07. The monoisotopic (exact) mass is 354 g/mol. The third-order valence-electron chi connectivity index (χ3n) is 3.28. The van der Waals surface area contributed by atoms with E-state index in [9.17, 15) is 13.0 Å². The molecule has 2 unspecified atom stereocenters. The van der Waals surface area contributed by atoms with Gasteiger partial charge in [-0.25, -0.2) is 17.7 Å². The number of nitrogens with two attached hydrogens (primary N) is 1. The largest absolute Gasteiger partial charge is 0.382 e. The molecule has 0 spiro atoms. The maximum absolute atomic E-state index is 13.5. The maximum atomic E-state index is 13.5. The number of rotatable bonds is 4. The number of benzene rings is 1. The Morgan fingerprint density at radius 2 is 1.71 bits per heavy atom. The molecule has 0 bridgehead atoms. The Balaban J connectivity index is 2.46. The normalized spacial score (nSPS) is 14.4. The van der Waals surface area contributed by atoms with Gasteiger partial charge in [0.05, 0.1) is 21.4 Å². The Labute approximate surface area is 142 Å². The summed E-state index contributed by atoms with van der Waals surface area (Å²) in [6, 6.07) is 4.26. The lowest BCUT2D eigenvalue weighted by Crippen LogP contribution is -2.35. The van der Waals surface area contributed by atoms with Crippen LogP contribution in [0.15, 0.2) is 24.3 Å². The standard InChI is InChI=1S/C16H20F2N4OS/c1-9(22-24(23)16(2,3)4)13-8-14(19)20-21-15(13)10-5-11(17)7-12(18)6-10/h5-9,22H,1-4H3,(H2,19,20). The van der Waals surface area contributed by atoms with Crippen LogP contribution in [0.1, 0.15) is 39.3 Å². The molecule has 1 aromatic carbocycles. The van der Waals surface area contributed by atoms with Gasteiger partial charge in [0.15, 0.2) is 0 Å². The van der Waals surface area contributed by atoms with E-state index in [0.29, 0.717) is 5.56 Å². The first-order valence-electron chi connectivity index (χ1n) is 7.35. The molecule has 0 radical (unpaired) electrons. The highest BCUT2D eigenvalue weighted by molar-refractivity contribution is 7.84. The molecule has 0 aliphatic heterocycles. The van der Waals surface area contributed by atoms with Crippen molar-refractivity contribution < 1.29 is 13.0 Å². The van der Waals surface area contributed by atoms with E-state index < -0.39 is 33.4 Å². The average Bonchev–Trinajstić information content (AvgIpc) is 2.44. The predicted molar refractivity (Wildman–Crippen MR) is 91.2 cm³/mol. The third kappa shape index (κ3) is 4.33. The molecule has 130 valence electrons. The van der Waals surface area contributed by atoms with Crippen molar-refractivity contribution in [1.82, 2.24) is 14.9 Å². The molecule has 0 saturated heterocycles. The van der Waals surface area contributed by atoms with Gasteiger partial charge in [0.2, 0.25) is 0 Å². The molecule has 8 heteroatoms. The minimum absolute atomic E-state index is 0.167. The van der Waals surface area contributed by atoms with Crippen molar-refractivity contribution >= 4 is 16.8 Å². The van der Waals surface area contributed by atoms with Crippen molar-refractivity contribution in [2.24, 2.45) is 0 Å². The first kappa shape index (κ1) is 18.4. The van der Waals surface area contributed by atoms with Crippen LogP contribution in [0.4, 0.5) is 14.6 Å². The Bertz CT molecular complexity index is 757. The van der Waals surface area contributed by atoms with Crippen LogP contribution in [-0.2, 0) is 11.0 Å². The summed E-state index contributed by atoms with van der Waals surface area (Å²) in [4.78, 5) is 0. The van der Waals surface area contributed by atoms with Gasteiger partial charge in [-0.3, -0.25) is 0 Å². The van der Waals surface area contributed by atoms with E-state index in [0.717, 1.165) is 6.07 Å². The van der Waals surface area contributed by atoms with Crippen molar-refractivity contribution in [3.63, 3.8) is 0 Å². The number of anilines is 1. The third-order valence-corrected chi connectivity index (χ3v) is 4.96. The second-order valence-electron chi connectivity index (χ2n) is 6.45. The quantitative estimate of drug-likeness (QED) is 0.884. The van der Waals surface area contributed by atoms with Crippen LogP contribution in [0.3, 0.4) is 0 Å². The maximum Gasteiger partial charge on any atom is 0.146 e. The van der Waals surface area contributed by atoms with E-state index in [1.54, 1.807) is 13.0 Å². The highest BCUT2D eigenvalue weighted by atomic mass is 32.2. The molecule has 3 N–H and O–H groups in total. The van der Waals surface area contributed by atoms with Gasteiger partial charge in [0.1, 0.15) is 17.5 Å². The molecule has 1 aromatic heterocycles. The van der Waals surface area contributed by atoms with E-state index in [4.69, 9.17) is 5.73 Å². The van der Waals surface area contributed by atoms with Gasteiger partial charge in [0.25, 0.3) is 0 Å². The molecule has 1 heterocycles. The first-order chi connectivity index (χ1) is 11.1. The molecule has 2 atom stereocenters. The smallest absolute Gasteiger partial charge is 0.146 e. The SMILES string of the molecule is CC(NS(=O)C(C)(C)C)c1cc(N)nnc1-c1cc(F)cc(F)c1. The Morgan fingerprint density at radius 3 is 2.25 bits per heavy atom. The molecule has 5 nitrogen and oxygen atoms in total. The molecule has 0 amide bonds. The number of aromatic nitrogens is 2. The molecule has 2 aromatic rings. The minimum Gasteiger partial charge on any atom is -0.382 e. The zero-order chi connectivity index (χ0) is 18.1. The van der Waals surface area contributed by atoms with Gasteiger partial charge >= 0.3 is 0 Å². The lowest BCUT2D eigenvalue weighted by atomic mass is 10.0. The fraction of sp³-hybridized carbons (Fsp3) is 0.375. The average molecular weight is 354 g/mol. The van der Waals surface area contributed by atoms with Gasteiger partial charge in [-0.2, -0.15) is 0 Å². The summed E-state index contributed by atoms with van der Waals surface area (Å²) in [5.74, 6) is -1.26. The van der Waals surface area contributed by atoms with E-state index >= 15 is 0 Å². The number of nitrogens with one attached hydrogen (secondary N) is 1. The fourth-order valence-corrected chi connectivity index (χ4v) is 2.87. The van der Waals surface area contributed by atoms with Crippen molar-refractivity contribution in [3.05, 3.63) is 41.5 Å². The second kappa shape index (κ2) is 6.90. The molecule has 0 aliphatic rings. The van der Waals surface area contributed by atoms with Crippen LogP contribution < -0.4 is 10.5 Å². The zero-order valence-electron chi connectivity index (χ0n) is 13.9. The molecule has 2 rings (SSSR count). The lowest BCUT2D eigenvalue weighted by molar-refractivity contribution is 0.583. The van der Waals surface area contributed by atoms with Gasteiger partial charge < -0.3 is 5.73 Å². The van der Waals surface area contributed by atoms with Crippen molar-refractivity contribution in [3.8, 4) is 11.3 Å². The van der Waals surface area contributed by atoms with Crippen LogP contribution in [0, 0.1) is 11.6 Å². The molecular formula is C16H20F2N4OS. The Morgan fingerprint density at radius 1 is 1.12 bits per heavy atom. The summed E-state index contributed by atoms with van der Waals surface area (Å²) in [6.07, 6.45) is 0. The number of nitrogen functional groups attached to an aromatic ring is 1. The number of hydrogen-bond acceptors (Lipinski definition) is 4. The number of halogens is 2. The molecule has 24 heavy (non-hydrogen) atoms. The van der Waals surface area contributed by atoms with E-state index in [1.165, 1.54) is 12.1 Å². The van der Waals surface area contributed by atoms with Crippen LogP contribution in [0.2, 0.25) is 0 Å². The minimum atomic E-state index is -1.34. The summed E-state index contributed by atoms with van der Waals surface area (Å²) in [5.41, 5.74) is 6.78. The summed E-state index contributed by atoms with van der Waals surface area (Å²) < 4.78 is 41.8. The topological polar surface area (TPSA) is 80.9 Å². The predicted octanol–water partition coefficient (Wildman–Crippen LogP) is 3.12. The second-order valence-corrected chi connectivity index (χ2v) is 8.45. The highest BCUT2D eigenvalue weighted by Gasteiger charge is 2.24. The highest BCUT2D eigenvalue weighted by Crippen LogP contribution is 2.29. The molecule has 0 fully saturated rings. The van der Waals surface area contributed by atoms with Crippen LogP contribution in [-0.4, -0.2) is 19.2 Å². The van der Waals surface area contributed by atoms with E-state index in [2.05, 4.69) is 14.9 Å². The number of hydrogen-bond donors (Lipinski definition) is 2. The zero-order valence-corrected chi connectivity index (χ0v) is 14.7. The first-order valence-corrected chi connectivity index (χ1v) is 8.50. The van der Waals surface area contributed by atoms with Crippen molar-refractivity contribution in [2.75, 3.05) is 5.73 Å². The van der Waals surface area contributed by atoms with Crippen LogP contribution in [0.25, 0.3) is 11.3 Å². The lowest BCUT2D eigenvalue weighted by Gasteiger charge is -2.23. The molecule has 0 aliphatic carbocycles. The van der Waals surface area contributed by atoms with Crippen LogP contribution in [0.5, 0.6) is 0 Å². The summed E-state index contributed by atoms with van der Waals surface area (Å²) in [7, 11) is -1.34. The molecular weight excluding hydrogens is 334 g/mol. The molecule has 0 saturated carbocycles. The Kier molecular flexibility index (Phi) is 5.29. The van der Waals surface area contributed by atoms with Gasteiger partial charge in [0, 0.05) is 23.2 Å². The van der Waals surface area contributed by atoms with E-state index in [1.807, 2.05) is 20.8 Å². The summed E-state index contributed by atoms with van der Waals surface area (Å²) in [5, 5.41) is 7.74. The summed E-state index contributed by atoms with van der Waals surface area (Å²) >= 11 is 0. The van der Waals surface area contributed by atoms with Gasteiger partial charge in [-0.15, -0.1) is 10.2 Å². The van der Waals surface area contributed by atoms with Gasteiger partial charge in [-0.05, 0) is 45.9 Å². The Hall–Kier alpha value is -1.93. The van der Waals surface area contributed by atoms with Crippen molar-refractivity contribution in [2.45, 2.75) is 38.5 Å². The van der Waals surface area contributed by atoms with Gasteiger partial charge in [-0.1, -0.05) is 0 Å². The van der Waals surface area contributed by atoms with Crippen LogP contribution >= 0.6 is 0 Å². The number of nitrogens with zero attached hydrogens (tertiary/aromatic N) is 2.